The number of aromatic nitrogens is 1. The first-order valence-corrected chi connectivity index (χ1v) is 4.13. The van der Waals surface area contributed by atoms with Crippen molar-refractivity contribution in [2.24, 2.45) is 0 Å². The maximum absolute atomic E-state index is 12.1. The molecular formula is C8H9ClF2N2. The van der Waals surface area contributed by atoms with Crippen molar-refractivity contribution in [2.75, 3.05) is 5.32 Å². The molecule has 0 aliphatic carbocycles. The Bertz CT molecular complexity index is 281. The van der Waals surface area contributed by atoms with Crippen molar-refractivity contribution in [3.63, 3.8) is 0 Å². The van der Waals surface area contributed by atoms with Gasteiger partial charge in [-0.1, -0.05) is 11.6 Å². The molecule has 1 N–H and O–H groups in total. The zero-order valence-electron chi connectivity index (χ0n) is 6.97. The largest absolute Gasteiger partial charge is 0.377 e. The summed E-state index contributed by atoms with van der Waals surface area (Å²) in [5.41, 5.74) is 0.549. The molecule has 0 aliphatic heterocycles. The molecule has 0 fully saturated rings. The summed E-state index contributed by atoms with van der Waals surface area (Å²) in [6.07, 6.45) is -0.935. The molecule has 0 aromatic carbocycles. The van der Waals surface area contributed by atoms with Gasteiger partial charge in [-0.25, -0.2) is 13.8 Å². The summed E-state index contributed by atoms with van der Waals surface area (Å²) in [6, 6.07) is 2.20. The van der Waals surface area contributed by atoms with Gasteiger partial charge in [0.15, 0.2) is 0 Å². The van der Waals surface area contributed by atoms with E-state index in [9.17, 15) is 8.78 Å². The second-order valence-electron chi connectivity index (χ2n) is 2.63. The smallest absolute Gasteiger partial charge is 0.258 e. The summed E-state index contributed by atoms with van der Waals surface area (Å²) in [7, 11) is 0. The highest BCUT2D eigenvalue weighted by molar-refractivity contribution is 6.29. The van der Waals surface area contributed by atoms with Crippen molar-refractivity contribution in [2.45, 2.75) is 19.4 Å². The van der Waals surface area contributed by atoms with E-state index in [4.69, 9.17) is 11.6 Å². The van der Waals surface area contributed by atoms with Crippen LogP contribution in [0.3, 0.4) is 0 Å². The molecule has 13 heavy (non-hydrogen) atoms. The highest BCUT2D eigenvalue weighted by Gasteiger charge is 2.13. The number of halogens is 3. The Morgan fingerprint density at radius 2 is 2.23 bits per heavy atom. The van der Waals surface area contributed by atoms with E-state index in [2.05, 4.69) is 10.3 Å². The minimum atomic E-state index is -2.40. The van der Waals surface area contributed by atoms with E-state index < -0.39 is 12.5 Å². The highest BCUT2D eigenvalue weighted by atomic mass is 35.5. The zero-order valence-corrected chi connectivity index (χ0v) is 7.72. The minimum absolute atomic E-state index is 0.284. The Labute approximate surface area is 79.9 Å². The SMILES string of the molecule is CC(Nc1ccnc(Cl)c1)C(F)F. The molecule has 2 nitrogen and oxygen atoms in total. The molecule has 0 amide bonds. The van der Waals surface area contributed by atoms with Crippen LogP contribution in [-0.4, -0.2) is 17.5 Å². The van der Waals surface area contributed by atoms with Crippen LogP contribution in [0.15, 0.2) is 18.3 Å². The third-order valence-electron chi connectivity index (χ3n) is 1.50. The van der Waals surface area contributed by atoms with Crippen molar-refractivity contribution in [1.82, 2.24) is 4.98 Å². The van der Waals surface area contributed by atoms with Gasteiger partial charge >= 0.3 is 0 Å². The van der Waals surface area contributed by atoms with Crippen molar-refractivity contribution in [1.29, 1.82) is 0 Å². The molecule has 0 radical (unpaired) electrons. The molecule has 0 bridgehead atoms. The topological polar surface area (TPSA) is 24.9 Å². The van der Waals surface area contributed by atoms with Gasteiger partial charge in [-0.2, -0.15) is 0 Å². The number of anilines is 1. The van der Waals surface area contributed by atoms with Crippen molar-refractivity contribution in [3.05, 3.63) is 23.5 Å². The summed E-state index contributed by atoms with van der Waals surface area (Å²) in [5.74, 6) is 0. The maximum Gasteiger partial charge on any atom is 0.258 e. The fourth-order valence-electron chi connectivity index (χ4n) is 0.818. The van der Waals surface area contributed by atoms with Crippen LogP contribution in [0.1, 0.15) is 6.92 Å². The summed E-state index contributed by atoms with van der Waals surface area (Å²) >= 11 is 5.57. The minimum Gasteiger partial charge on any atom is -0.377 e. The van der Waals surface area contributed by atoms with E-state index in [0.717, 1.165) is 0 Å². The molecule has 1 unspecified atom stereocenters. The molecule has 1 heterocycles. The molecule has 5 heteroatoms. The fraction of sp³-hybridized carbons (Fsp3) is 0.375. The molecular weight excluding hydrogens is 198 g/mol. The van der Waals surface area contributed by atoms with Crippen LogP contribution >= 0.6 is 11.6 Å². The monoisotopic (exact) mass is 206 g/mol. The van der Waals surface area contributed by atoms with Crippen molar-refractivity contribution < 1.29 is 8.78 Å². The Kier molecular flexibility index (Phi) is 3.42. The second-order valence-corrected chi connectivity index (χ2v) is 3.02. The van der Waals surface area contributed by atoms with Crippen LogP contribution in [-0.2, 0) is 0 Å². The maximum atomic E-state index is 12.1. The van der Waals surface area contributed by atoms with Gasteiger partial charge in [0.1, 0.15) is 5.15 Å². The average Bonchev–Trinajstić information content (AvgIpc) is 2.04. The van der Waals surface area contributed by atoms with Crippen LogP contribution < -0.4 is 5.32 Å². The number of nitrogens with one attached hydrogen (secondary N) is 1. The van der Waals surface area contributed by atoms with Gasteiger partial charge in [-0.05, 0) is 19.1 Å². The van der Waals surface area contributed by atoms with Gasteiger partial charge in [-0.3, -0.25) is 0 Å². The predicted octanol–water partition coefficient (Wildman–Crippen LogP) is 2.80. The van der Waals surface area contributed by atoms with E-state index >= 15 is 0 Å². The molecule has 1 aromatic rings. The van der Waals surface area contributed by atoms with E-state index in [1.807, 2.05) is 0 Å². The molecule has 0 aliphatic rings. The van der Waals surface area contributed by atoms with E-state index in [1.54, 1.807) is 6.07 Å². The number of pyridine rings is 1. The first kappa shape index (κ1) is 10.2. The highest BCUT2D eigenvalue weighted by Crippen LogP contribution is 2.14. The lowest BCUT2D eigenvalue weighted by molar-refractivity contribution is 0.131. The standard InChI is InChI=1S/C8H9ClF2N2/c1-5(8(10)11)13-6-2-3-12-7(9)4-6/h2-5,8H,1H3,(H,12,13). The molecule has 0 saturated carbocycles. The lowest BCUT2D eigenvalue weighted by Gasteiger charge is -2.13. The van der Waals surface area contributed by atoms with Gasteiger partial charge < -0.3 is 5.32 Å². The van der Waals surface area contributed by atoms with Crippen LogP contribution in [0, 0.1) is 0 Å². The normalized spacial score (nSPS) is 13.0. The summed E-state index contributed by atoms with van der Waals surface area (Å²) in [4.78, 5) is 3.73. The molecule has 1 atom stereocenters. The number of nitrogens with zero attached hydrogens (tertiary/aromatic N) is 1. The van der Waals surface area contributed by atoms with E-state index in [0.29, 0.717) is 5.69 Å². The quantitative estimate of drug-likeness (QED) is 0.770. The molecule has 1 aromatic heterocycles. The number of rotatable bonds is 3. The number of hydrogen-bond acceptors (Lipinski definition) is 2. The summed E-state index contributed by atoms with van der Waals surface area (Å²) in [6.45, 7) is 1.40. The summed E-state index contributed by atoms with van der Waals surface area (Å²) < 4.78 is 24.2. The van der Waals surface area contributed by atoms with Crippen molar-refractivity contribution >= 4 is 17.3 Å². The summed E-state index contributed by atoms with van der Waals surface area (Å²) in [5, 5.41) is 2.89. The first-order valence-electron chi connectivity index (χ1n) is 3.76. The van der Waals surface area contributed by atoms with Crippen LogP contribution in [0.5, 0.6) is 0 Å². The van der Waals surface area contributed by atoms with E-state index in [1.165, 1.54) is 19.2 Å². The van der Waals surface area contributed by atoms with Gasteiger partial charge in [0.2, 0.25) is 0 Å². The average molecular weight is 207 g/mol. The fourth-order valence-corrected chi connectivity index (χ4v) is 0.992. The molecule has 1 rings (SSSR count). The zero-order chi connectivity index (χ0) is 9.84. The third-order valence-corrected chi connectivity index (χ3v) is 1.71. The van der Waals surface area contributed by atoms with E-state index in [-0.39, 0.29) is 5.15 Å². The van der Waals surface area contributed by atoms with Gasteiger partial charge in [0.25, 0.3) is 6.43 Å². The van der Waals surface area contributed by atoms with Crippen LogP contribution in [0.25, 0.3) is 0 Å². The first-order chi connectivity index (χ1) is 6.09. The molecule has 0 saturated heterocycles. The Morgan fingerprint density at radius 1 is 1.54 bits per heavy atom. The van der Waals surface area contributed by atoms with Crippen molar-refractivity contribution in [3.8, 4) is 0 Å². The Balaban J connectivity index is 2.64. The number of hydrogen-bond donors (Lipinski definition) is 1. The molecule has 0 spiro atoms. The third kappa shape index (κ3) is 3.14. The van der Waals surface area contributed by atoms with Gasteiger partial charge in [0, 0.05) is 11.9 Å². The molecule has 72 valence electrons. The lowest BCUT2D eigenvalue weighted by Crippen LogP contribution is -2.23. The second kappa shape index (κ2) is 4.37. The number of alkyl halides is 2. The van der Waals surface area contributed by atoms with Crippen LogP contribution in [0.2, 0.25) is 5.15 Å². The Morgan fingerprint density at radius 3 is 2.77 bits per heavy atom. The van der Waals surface area contributed by atoms with Gasteiger partial charge in [-0.15, -0.1) is 0 Å². The predicted molar refractivity (Wildman–Crippen MR) is 48.3 cm³/mol. The Hall–Kier alpha value is -0.900. The van der Waals surface area contributed by atoms with Gasteiger partial charge in [0.05, 0.1) is 6.04 Å². The van der Waals surface area contributed by atoms with Crippen LogP contribution in [0.4, 0.5) is 14.5 Å². The lowest BCUT2D eigenvalue weighted by atomic mass is 10.3.